The third-order valence-corrected chi connectivity index (χ3v) is 5.99. The molecule has 3 rings (SSSR count). The normalized spacial score (nSPS) is 25.5. The van der Waals surface area contributed by atoms with Crippen LogP contribution in [-0.2, 0) is 14.3 Å². The summed E-state index contributed by atoms with van der Waals surface area (Å²) in [5.74, 6) is 0.0434. The van der Waals surface area contributed by atoms with Gasteiger partial charge in [-0.15, -0.1) is 0 Å². The molecule has 2 aliphatic rings. The number of piperidine rings is 2. The van der Waals surface area contributed by atoms with Crippen molar-refractivity contribution in [3.8, 4) is 0 Å². The van der Waals surface area contributed by atoms with Crippen LogP contribution >= 0.6 is 0 Å². The summed E-state index contributed by atoms with van der Waals surface area (Å²) in [6.45, 7) is 2.85. The highest BCUT2D eigenvalue weighted by Crippen LogP contribution is 2.42. The van der Waals surface area contributed by atoms with Crippen molar-refractivity contribution in [1.82, 2.24) is 15.1 Å². The first-order valence-corrected chi connectivity index (χ1v) is 10.0. The highest BCUT2D eigenvalue weighted by Gasteiger charge is 2.53. The van der Waals surface area contributed by atoms with Crippen LogP contribution in [0, 0.1) is 5.41 Å². The number of likely N-dealkylation sites (tertiary alicyclic amines) is 2. The number of hydrogen-bond acceptors (Lipinski definition) is 4. The van der Waals surface area contributed by atoms with Crippen LogP contribution in [0.4, 0.5) is 0 Å². The number of likely N-dealkylation sites (N-methyl/N-ethyl adjacent to an activating group) is 1. The average Bonchev–Trinajstić information content (AvgIpc) is 2.71. The Hall–Kier alpha value is -2.18. The van der Waals surface area contributed by atoms with E-state index < -0.39 is 5.41 Å². The molecule has 0 bridgehead atoms. The maximum atomic E-state index is 13.3. The van der Waals surface area contributed by atoms with Gasteiger partial charge < -0.3 is 19.9 Å². The molecule has 0 radical (unpaired) electrons. The lowest BCUT2D eigenvalue weighted by atomic mass is 9.67. The Balaban J connectivity index is 1.70. The van der Waals surface area contributed by atoms with Crippen LogP contribution in [0.5, 0.6) is 0 Å². The van der Waals surface area contributed by atoms with Gasteiger partial charge in [0.15, 0.2) is 0 Å². The maximum absolute atomic E-state index is 13.3. The van der Waals surface area contributed by atoms with E-state index in [4.69, 9.17) is 4.74 Å². The number of carbonyl (C=O) groups is 2. The number of nitrogens with zero attached hydrogens (tertiary/aromatic N) is 2. The third-order valence-electron chi connectivity index (χ3n) is 5.99. The average molecular weight is 386 g/mol. The Morgan fingerprint density at radius 2 is 2.04 bits per heavy atom. The monoisotopic (exact) mass is 385 g/mol. The molecular weight excluding hydrogens is 354 g/mol. The number of rotatable bonds is 6. The summed E-state index contributed by atoms with van der Waals surface area (Å²) in [5.41, 5.74) is 0.607. The molecule has 2 saturated heterocycles. The third kappa shape index (κ3) is 4.45. The van der Waals surface area contributed by atoms with Crippen molar-refractivity contribution in [3.05, 3.63) is 42.0 Å². The maximum Gasteiger partial charge on any atom is 0.248 e. The molecular formula is C22H31N3O3. The van der Waals surface area contributed by atoms with Crippen LogP contribution in [0.2, 0.25) is 0 Å². The molecule has 2 atom stereocenters. The molecule has 6 nitrogen and oxygen atoms in total. The van der Waals surface area contributed by atoms with Crippen molar-refractivity contribution in [2.45, 2.75) is 25.3 Å². The number of ether oxygens (including phenoxy) is 1. The van der Waals surface area contributed by atoms with Crippen molar-refractivity contribution >= 4 is 17.9 Å². The fraction of sp³-hybridized carbons (Fsp3) is 0.545. The van der Waals surface area contributed by atoms with Gasteiger partial charge in [-0.1, -0.05) is 42.5 Å². The SMILES string of the molecule is COCC(=O)N1CCC[C@@]2(C(=O)NC/C=C/c3ccccc3)CCN(C)C[C@H]12. The number of fused-ring (bicyclic) bond motifs is 1. The Kier molecular flexibility index (Phi) is 6.86. The molecule has 0 aromatic heterocycles. The number of carbonyl (C=O) groups excluding carboxylic acids is 2. The second-order valence-electron chi connectivity index (χ2n) is 7.83. The molecule has 28 heavy (non-hydrogen) atoms. The fourth-order valence-corrected chi connectivity index (χ4v) is 4.50. The molecule has 2 aliphatic heterocycles. The zero-order chi connectivity index (χ0) is 20.0. The van der Waals surface area contributed by atoms with Crippen LogP contribution < -0.4 is 5.32 Å². The zero-order valence-corrected chi connectivity index (χ0v) is 16.9. The van der Waals surface area contributed by atoms with Gasteiger partial charge in [-0.25, -0.2) is 0 Å². The van der Waals surface area contributed by atoms with Gasteiger partial charge in [0.05, 0.1) is 11.5 Å². The molecule has 0 unspecified atom stereocenters. The van der Waals surface area contributed by atoms with E-state index in [1.165, 1.54) is 7.11 Å². The summed E-state index contributed by atoms with van der Waals surface area (Å²) in [7, 11) is 3.59. The van der Waals surface area contributed by atoms with E-state index in [-0.39, 0.29) is 24.5 Å². The molecule has 2 amide bonds. The molecule has 6 heteroatoms. The first kappa shape index (κ1) is 20.6. The molecule has 2 heterocycles. The lowest BCUT2D eigenvalue weighted by Gasteiger charge is -2.53. The predicted octanol–water partition coefficient (Wildman–Crippen LogP) is 1.78. The van der Waals surface area contributed by atoms with Crippen LogP contribution in [0.25, 0.3) is 6.08 Å². The molecule has 1 N–H and O–H groups in total. The van der Waals surface area contributed by atoms with Crippen LogP contribution in [0.15, 0.2) is 36.4 Å². The van der Waals surface area contributed by atoms with Crippen molar-refractivity contribution in [1.29, 1.82) is 0 Å². The van der Waals surface area contributed by atoms with E-state index in [9.17, 15) is 9.59 Å². The zero-order valence-electron chi connectivity index (χ0n) is 16.9. The Bertz CT molecular complexity index is 706. The molecule has 0 aliphatic carbocycles. The predicted molar refractivity (Wildman–Crippen MR) is 110 cm³/mol. The van der Waals surface area contributed by atoms with Crippen LogP contribution in [0.1, 0.15) is 24.8 Å². The van der Waals surface area contributed by atoms with E-state index >= 15 is 0 Å². The van der Waals surface area contributed by atoms with E-state index in [0.717, 1.165) is 37.9 Å². The minimum Gasteiger partial charge on any atom is -0.375 e. The van der Waals surface area contributed by atoms with Gasteiger partial charge in [0.1, 0.15) is 6.61 Å². The van der Waals surface area contributed by atoms with Gasteiger partial charge >= 0.3 is 0 Å². The molecule has 1 aromatic carbocycles. The lowest BCUT2D eigenvalue weighted by Crippen LogP contribution is -2.66. The van der Waals surface area contributed by atoms with Gasteiger partial charge in [-0.3, -0.25) is 9.59 Å². The van der Waals surface area contributed by atoms with Crippen molar-refractivity contribution in [2.24, 2.45) is 5.41 Å². The lowest BCUT2D eigenvalue weighted by molar-refractivity contribution is -0.156. The second-order valence-corrected chi connectivity index (χ2v) is 7.83. The minimum absolute atomic E-state index is 0.0244. The Labute approximate surface area is 167 Å². The summed E-state index contributed by atoms with van der Waals surface area (Å²) in [6, 6.07) is 9.94. The highest BCUT2D eigenvalue weighted by molar-refractivity contribution is 5.86. The Morgan fingerprint density at radius 3 is 2.79 bits per heavy atom. The van der Waals surface area contributed by atoms with Gasteiger partial charge in [0.25, 0.3) is 0 Å². The van der Waals surface area contributed by atoms with Gasteiger partial charge in [0, 0.05) is 26.7 Å². The highest BCUT2D eigenvalue weighted by atomic mass is 16.5. The number of hydrogen-bond donors (Lipinski definition) is 1. The second kappa shape index (κ2) is 9.34. The van der Waals surface area contributed by atoms with E-state index in [2.05, 4.69) is 17.3 Å². The molecule has 1 aromatic rings. The summed E-state index contributed by atoms with van der Waals surface area (Å²) in [6.07, 6.45) is 6.45. The Morgan fingerprint density at radius 1 is 1.25 bits per heavy atom. The summed E-state index contributed by atoms with van der Waals surface area (Å²) in [5, 5.41) is 3.11. The number of methoxy groups -OCH3 is 1. The first-order chi connectivity index (χ1) is 13.6. The fourth-order valence-electron chi connectivity index (χ4n) is 4.50. The van der Waals surface area contributed by atoms with Crippen LogP contribution in [-0.4, -0.2) is 74.6 Å². The van der Waals surface area contributed by atoms with Crippen LogP contribution in [0.3, 0.4) is 0 Å². The summed E-state index contributed by atoms with van der Waals surface area (Å²) in [4.78, 5) is 29.9. The van der Waals surface area contributed by atoms with E-state index in [1.54, 1.807) is 0 Å². The molecule has 152 valence electrons. The number of nitrogens with one attached hydrogen (secondary N) is 1. The van der Waals surface area contributed by atoms with E-state index in [0.29, 0.717) is 13.1 Å². The largest absolute Gasteiger partial charge is 0.375 e. The summed E-state index contributed by atoms with van der Waals surface area (Å²) >= 11 is 0. The van der Waals surface area contributed by atoms with Gasteiger partial charge in [-0.05, 0) is 38.4 Å². The van der Waals surface area contributed by atoms with Crippen molar-refractivity contribution < 1.29 is 14.3 Å². The van der Waals surface area contributed by atoms with E-state index in [1.807, 2.05) is 47.4 Å². The standard InChI is InChI=1S/C22H31N3O3/c1-24-15-12-22(11-7-14-25(19(22)16-24)20(26)17-28-2)21(27)23-13-6-10-18-8-4-3-5-9-18/h3-6,8-10,19H,7,11-17H2,1-2H3,(H,23,27)/b10-6+/t19-,22+/m0/s1. The first-order valence-electron chi connectivity index (χ1n) is 10.0. The molecule has 0 saturated carbocycles. The van der Waals surface area contributed by atoms with Crippen molar-refractivity contribution in [2.75, 3.05) is 46.9 Å². The van der Waals surface area contributed by atoms with Gasteiger partial charge in [-0.2, -0.15) is 0 Å². The van der Waals surface area contributed by atoms with Gasteiger partial charge in [0.2, 0.25) is 11.8 Å². The quantitative estimate of drug-likeness (QED) is 0.811. The number of benzene rings is 1. The number of amides is 2. The molecule has 0 spiro atoms. The topological polar surface area (TPSA) is 61.9 Å². The molecule has 2 fully saturated rings. The van der Waals surface area contributed by atoms with Crippen molar-refractivity contribution in [3.63, 3.8) is 0 Å². The summed E-state index contributed by atoms with van der Waals surface area (Å²) < 4.78 is 5.06. The smallest absolute Gasteiger partial charge is 0.248 e. The minimum atomic E-state index is -0.505.